The minimum atomic E-state index is 0.840. The van der Waals surface area contributed by atoms with Crippen LogP contribution < -0.4 is 0 Å². The summed E-state index contributed by atoms with van der Waals surface area (Å²) in [6.07, 6.45) is 0. The fourth-order valence-corrected chi connectivity index (χ4v) is 8.45. The van der Waals surface area contributed by atoms with Crippen LogP contribution in [0, 0.1) is 0 Å². The van der Waals surface area contributed by atoms with Crippen LogP contribution in [0.2, 0.25) is 0 Å². The number of hydrogen-bond donors (Lipinski definition) is 0. The average molecular weight is 738 g/mol. The van der Waals surface area contributed by atoms with E-state index in [1.807, 2.05) is 18.2 Å². The predicted molar refractivity (Wildman–Crippen MR) is 242 cm³/mol. The minimum Gasteiger partial charge on any atom is -0.246 e. The molecule has 0 saturated heterocycles. The van der Waals surface area contributed by atoms with Crippen molar-refractivity contribution in [1.29, 1.82) is 0 Å². The van der Waals surface area contributed by atoms with Crippen LogP contribution in [0.15, 0.2) is 212 Å². The Morgan fingerprint density at radius 2 is 0.586 bits per heavy atom. The maximum Gasteiger partial charge on any atom is 0.0973 e. The lowest BCUT2D eigenvalue weighted by atomic mass is 9.90. The summed E-state index contributed by atoms with van der Waals surface area (Å²) < 4.78 is 0. The van der Waals surface area contributed by atoms with Crippen molar-refractivity contribution in [2.24, 2.45) is 0 Å². The Balaban J connectivity index is 1.11. The van der Waals surface area contributed by atoms with E-state index in [1.165, 1.54) is 16.3 Å². The van der Waals surface area contributed by atoms with Gasteiger partial charge in [-0.05, 0) is 39.6 Å². The topological polar surface area (TPSA) is 38.7 Å². The normalized spacial score (nSPS) is 11.4. The van der Waals surface area contributed by atoms with Gasteiger partial charge in [-0.1, -0.05) is 200 Å². The van der Waals surface area contributed by atoms with Crippen molar-refractivity contribution in [2.45, 2.75) is 0 Å². The van der Waals surface area contributed by atoms with Crippen LogP contribution in [0.1, 0.15) is 0 Å². The molecule has 11 rings (SSSR count). The first-order valence-electron chi connectivity index (χ1n) is 19.7. The number of aromatic nitrogens is 3. The summed E-state index contributed by atoms with van der Waals surface area (Å²) in [7, 11) is 0. The first kappa shape index (κ1) is 33.6. The third kappa shape index (κ3) is 5.80. The second kappa shape index (κ2) is 14.1. The highest BCUT2D eigenvalue weighted by molar-refractivity contribution is 6.21. The molecule has 58 heavy (non-hydrogen) atoms. The van der Waals surface area contributed by atoms with Crippen molar-refractivity contribution in [2.75, 3.05) is 0 Å². The van der Waals surface area contributed by atoms with Crippen LogP contribution in [-0.2, 0) is 0 Å². The summed E-state index contributed by atoms with van der Waals surface area (Å²) in [5.74, 6) is 0. The molecule has 0 N–H and O–H groups in total. The Morgan fingerprint density at radius 3 is 1.07 bits per heavy atom. The van der Waals surface area contributed by atoms with Crippen molar-refractivity contribution < 1.29 is 0 Å². The molecule has 3 nitrogen and oxygen atoms in total. The molecule has 9 aromatic carbocycles. The van der Waals surface area contributed by atoms with Crippen molar-refractivity contribution in [3.8, 4) is 67.3 Å². The molecular formula is C55H35N3. The highest BCUT2D eigenvalue weighted by Crippen LogP contribution is 2.42. The van der Waals surface area contributed by atoms with E-state index in [1.54, 1.807) is 0 Å². The zero-order chi connectivity index (χ0) is 38.4. The molecule has 0 fully saturated rings. The number of rotatable bonds is 6. The van der Waals surface area contributed by atoms with Gasteiger partial charge in [-0.15, -0.1) is 0 Å². The van der Waals surface area contributed by atoms with E-state index >= 15 is 0 Å². The Bertz CT molecular complexity index is 3230. The number of pyridine rings is 1. The van der Waals surface area contributed by atoms with Crippen LogP contribution in [-0.4, -0.2) is 15.0 Å². The molecule has 0 atom stereocenters. The van der Waals surface area contributed by atoms with E-state index in [-0.39, 0.29) is 0 Å². The Labute approximate surface area is 336 Å². The number of benzene rings is 9. The van der Waals surface area contributed by atoms with Crippen molar-refractivity contribution in [3.63, 3.8) is 0 Å². The summed E-state index contributed by atoms with van der Waals surface area (Å²) in [5, 5.41) is 6.96. The lowest BCUT2D eigenvalue weighted by Crippen LogP contribution is -2.01. The van der Waals surface area contributed by atoms with Crippen LogP contribution in [0.3, 0.4) is 0 Å². The molecule has 0 aliphatic rings. The molecule has 11 aromatic rings. The van der Waals surface area contributed by atoms with Crippen LogP contribution in [0.5, 0.6) is 0 Å². The smallest absolute Gasteiger partial charge is 0.0973 e. The zero-order valence-electron chi connectivity index (χ0n) is 31.5. The number of fused-ring (bicyclic) bond motifs is 6. The summed E-state index contributed by atoms with van der Waals surface area (Å²) in [4.78, 5) is 16.4. The molecule has 0 saturated carbocycles. The fourth-order valence-electron chi connectivity index (χ4n) is 8.45. The van der Waals surface area contributed by atoms with E-state index < -0.39 is 0 Å². The number of nitrogens with zero attached hydrogens (tertiary/aromatic N) is 3. The van der Waals surface area contributed by atoms with Gasteiger partial charge in [0.1, 0.15) is 0 Å². The van der Waals surface area contributed by atoms with Gasteiger partial charge in [0.15, 0.2) is 0 Å². The molecule has 0 bridgehead atoms. The molecule has 2 heterocycles. The van der Waals surface area contributed by atoms with Gasteiger partial charge in [0.05, 0.1) is 33.8 Å². The van der Waals surface area contributed by atoms with E-state index in [2.05, 4.69) is 194 Å². The average Bonchev–Trinajstić information content (AvgIpc) is 3.31. The molecule has 0 aliphatic carbocycles. The maximum atomic E-state index is 5.51. The zero-order valence-corrected chi connectivity index (χ0v) is 31.5. The summed E-state index contributed by atoms with van der Waals surface area (Å²) in [6.45, 7) is 0. The Morgan fingerprint density at radius 1 is 0.224 bits per heavy atom. The van der Waals surface area contributed by atoms with Gasteiger partial charge >= 0.3 is 0 Å². The van der Waals surface area contributed by atoms with Crippen molar-refractivity contribution in [3.05, 3.63) is 212 Å². The Hall–Kier alpha value is -7.75. The Kier molecular flexibility index (Phi) is 8.15. The first-order chi connectivity index (χ1) is 28.8. The number of hydrogen-bond acceptors (Lipinski definition) is 3. The molecule has 0 amide bonds. The van der Waals surface area contributed by atoms with Gasteiger partial charge in [0.2, 0.25) is 0 Å². The molecule has 0 unspecified atom stereocenters. The maximum absolute atomic E-state index is 5.51. The van der Waals surface area contributed by atoms with E-state index in [0.29, 0.717) is 0 Å². The van der Waals surface area contributed by atoms with Crippen molar-refractivity contribution in [1.82, 2.24) is 15.0 Å². The van der Waals surface area contributed by atoms with E-state index in [0.717, 1.165) is 94.3 Å². The minimum absolute atomic E-state index is 0.840. The molecule has 2 aromatic heterocycles. The summed E-state index contributed by atoms with van der Waals surface area (Å²) in [5.41, 5.74) is 14.1. The van der Waals surface area contributed by atoms with Gasteiger partial charge in [-0.25, -0.2) is 15.0 Å². The van der Waals surface area contributed by atoms with Gasteiger partial charge < -0.3 is 0 Å². The third-order valence-corrected chi connectivity index (χ3v) is 11.2. The van der Waals surface area contributed by atoms with Gasteiger partial charge in [-0.3, -0.25) is 0 Å². The molecule has 0 spiro atoms. The largest absolute Gasteiger partial charge is 0.246 e. The summed E-state index contributed by atoms with van der Waals surface area (Å²) >= 11 is 0. The first-order valence-corrected chi connectivity index (χ1v) is 19.7. The van der Waals surface area contributed by atoms with Crippen molar-refractivity contribution >= 4 is 43.4 Å². The van der Waals surface area contributed by atoms with E-state index in [4.69, 9.17) is 15.0 Å². The highest BCUT2D eigenvalue weighted by Gasteiger charge is 2.20. The monoisotopic (exact) mass is 737 g/mol. The van der Waals surface area contributed by atoms with Crippen LogP contribution in [0.4, 0.5) is 0 Å². The van der Waals surface area contributed by atoms with E-state index in [9.17, 15) is 0 Å². The SMILES string of the molecule is c1ccc(-c2nc(-c3ccccc3)c(-c3cccc(-c4cccc(-c5c6ccc7ccccc7c6nc6c5ccc5ccccc56)c4)c3)nc2-c2ccccc2)cc1. The highest BCUT2D eigenvalue weighted by atomic mass is 14.9. The second-order valence-electron chi connectivity index (χ2n) is 14.7. The van der Waals surface area contributed by atoms with Crippen LogP contribution >= 0.6 is 0 Å². The molecule has 3 heteroatoms. The molecule has 270 valence electrons. The van der Waals surface area contributed by atoms with Gasteiger partial charge in [-0.2, -0.15) is 0 Å². The fraction of sp³-hybridized carbons (Fsp3) is 0. The molecule has 0 aliphatic heterocycles. The third-order valence-electron chi connectivity index (χ3n) is 11.2. The van der Waals surface area contributed by atoms with Gasteiger partial charge in [0.25, 0.3) is 0 Å². The molecular weight excluding hydrogens is 703 g/mol. The standard InChI is InChI=1S/C55H35N3/c1-4-18-38(19-5-1)50-51(39-20-6-2-7-21-39)57-53(52(56-50)40-22-8-3-9-23-40)44-27-15-25-42(35-44)41-24-14-26-43(34-41)49-47-32-30-36-16-10-12-28-45(36)54(47)58-55-46-29-13-11-17-37(46)31-33-48(49)55/h1-35H. The second-order valence-corrected chi connectivity index (χ2v) is 14.7. The quantitative estimate of drug-likeness (QED) is 0.126. The lowest BCUT2D eigenvalue weighted by molar-refractivity contribution is 1.21. The van der Waals surface area contributed by atoms with Crippen LogP contribution in [0.25, 0.3) is 111 Å². The van der Waals surface area contributed by atoms with Gasteiger partial charge in [0, 0.05) is 49.4 Å². The molecule has 0 radical (unpaired) electrons. The predicted octanol–water partition coefficient (Wildman–Crippen LogP) is 14.5. The summed E-state index contributed by atoms with van der Waals surface area (Å²) in [6, 6.07) is 74.9. The lowest BCUT2D eigenvalue weighted by Gasteiger charge is -2.17.